The Morgan fingerprint density at radius 1 is 1.14 bits per heavy atom. The van der Waals surface area contributed by atoms with Crippen LogP contribution in [0.1, 0.15) is 16.7 Å². The molecule has 1 aliphatic rings. The highest BCUT2D eigenvalue weighted by Gasteiger charge is 2.25. The van der Waals surface area contributed by atoms with Gasteiger partial charge in [-0.3, -0.25) is 4.79 Å². The van der Waals surface area contributed by atoms with Crippen LogP contribution in [0.25, 0.3) is 11.1 Å². The first kappa shape index (κ1) is 19.6. The first-order valence-corrected chi connectivity index (χ1v) is 11.2. The van der Waals surface area contributed by atoms with Gasteiger partial charge in [0.05, 0.1) is 17.0 Å². The summed E-state index contributed by atoms with van der Waals surface area (Å²) in [5, 5.41) is 0. The molecule has 4 rings (SSSR count). The Labute approximate surface area is 174 Å². The molecule has 6 heteroatoms. The Balaban J connectivity index is 1.80. The summed E-state index contributed by atoms with van der Waals surface area (Å²) in [6.07, 6.45) is 4.42. The highest BCUT2D eigenvalue weighted by Crippen LogP contribution is 2.39. The highest BCUT2D eigenvalue weighted by atomic mass is 32.2. The van der Waals surface area contributed by atoms with Gasteiger partial charge in [-0.15, -0.1) is 0 Å². The molecule has 0 radical (unpaired) electrons. The maximum Gasteiger partial charge on any atom is 0.253 e. The second kappa shape index (κ2) is 7.97. The molecule has 1 aromatic heterocycles. The average Bonchev–Trinajstić information content (AvgIpc) is 3.09. The lowest BCUT2D eigenvalue weighted by atomic mass is 10.0. The summed E-state index contributed by atoms with van der Waals surface area (Å²) in [4.78, 5) is 14.5. The zero-order valence-corrected chi connectivity index (χ0v) is 17.8. The Kier molecular flexibility index (Phi) is 5.39. The second-order valence-electron chi connectivity index (χ2n) is 7.56. The van der Waals surface area contributed by atoms with Crippen LogP contribution in [-0.2, 0) is 31.4 Å². The minimum Gasteiger partial charge on any atom is -0.593 e. The van der Waals surface area contributed by atoms with Crippen LogP contribution < -0.4 is 15.2 Å². The smallest absolute Gasteiger partial charge is 0.253 e. The standard InChI is InChI=1S/C23H25N3O2S/c1-16-11-19(15-25(2)23(16)27)18-12-21(24-29(3)28)20-9-10-26(22(20)13-18)14-17-7-5-4-6-8-17/h4-8,11-13,15,24H,9-10,14H2,1-3H3. The van der Waals surface area contributed by atoms with Crippen LogP contribution in [0, 0.1) is 6.92 Å². The quantitative estimate of drug-likeness (QED) is 0.656. The van der Waals surface area contributed by atoms with Crippen molar-refractivity contribution in [2.75, 3.05) is 22.4 Å². The monoisotopic (exact) mass is 407 g/mol. The van der Waals surface area contributed by atoms with E-state index >= 15 is 0 Å². The highest BCUT2D eigenvalue weighted by molar-refractivity contribution is 7.92. The van der Waals surface area contributed by atoms with Crippen LogP contribution in [-0.4, -0.2) is 21.9 Å². The molecule has 0 aliphatic carbocycles. The van der Waals surface area contributed by atoms with Gasteiger partial charge in [-0.25, -0.2) is 4.72 Å². The van der Waals surface area contributed by atoms with Gasteiger partial charge in [-0.1, -0.05) is 30.3 Å². The van der Waals surface area contributed by atoms with Gasteiger partial charge in [-0.05, 0) is 48.2 Å². The number of nitrogens with one attached hydrogen (secondary N) is 1. The molecule has 3 aromatic rings. The van der Waals surface area contributed by atoms with Crippen molar-refractivity contribution in [3.8, 4) is 11.1 Å². The molecule has 0 fully saturated rings. The van der Waals surface area contributed by atoms with Gasteiger partial charge in [0.15, 0.2) is 0 Å². The molecule has 1 atom stereocenters. The summed E-state index contributed by atoms with van der Waals surface area (Å²) in [5.74, 6) is 0. The number of fused-ring (bicyclic) bond motifs is 1. The SMILES string of the molecule is Cc1cc(-c2cc(N[S+](C)[O-])c3c(c2)N(Cc2ccccc2)CC3)cn(C)c1=O. The van der Waals surface area contributed by atoms with Crippen LogP contribution >= 0.6 is 0 Å². The van der Waals surface area contributed by atoms with E-state index in [-0.39, 0.29) is 5.56 Å². The van der Waals surface area contributed by atoms with Crippen molar-refractivity contribution >= 4 is 22.7 Å². The van der Waals surface area contributed by atoms with Crippen molar-refractivity contribution in [2.24, 2.45) is 7.05 Å². The normalized spacial score (nSPS) is 14.0. The first-order chi connectivity index (χ1) is 13.9. The Hall–Kier alpha value is -2.70. The van der Waals surface area contributed by atoms with E-state index in [1.807, 2.05) is 31.3 Å². The maximum atomic E-state index is 12.1. The summed E-state index contributed by atoms with van der Waals surface area (Å²) >= 11 is -1.16. The predicted molar refractivity (Wildman–Crippen MR) is 121 cm³/mol. The van der Waals surface area contributed by atoms with E-state index in [4.69, 9.17) is 0 Å². The fraction of sp³-hybridized carbons (Fsp3) is 0.261. The molecule has 1 unspecified atom stereocenters. The lowest BCUT2D eigenvalue weighted by Crippen LogP contribution is -2.20. The Bertz CT molecular complexity index is 1070. The Morgan fingerprint density at radius 2 is 1.90 bits per heavy atom. The molecule has 150 valence electrons. The first-order valence-electron chi connectivity index (χ1n) is 9.66. The van der Waals surface area contributed by atoms with Gasteiger partial charge in [0.25, 0.3) is 5.56 Å². The summed E-state index contributed by atoms with van der Waals surface area (Å²) in [7, 11) is 1.77. The summed E-state index contributed by atoms with van der Waals surface area (Å²) in [6.45, 7) is 3.59. The van der Waals surface area contributed by atoms with E-state index in [1.54, 1.807) is 17.9 Å². The van der Waals surface area contributed by atoms with E-state index < -0.39 is 11.4 Å². The number of hydrogen-bond donors (Lipinski definition) is 1. The molecule has 5 nitrogen and oxygen atoms in total. The van der Waals surface area contributed by atoms with E-state index in [2.05, 4.69) is 40.0 Å². The molecular formula is C23H25N3O2S. The van der Waals surface area contributed by atoms with Crippen LogP contribution in [0.3, 0.4) is 0 Å². The molecule has 0 spiro atoms. The third-order valence-corrected chi connectivity index (χ3v) is 5.87. The van der Waals surface area contributed by atoms with Crippen LogP contribution in [0.15, 0.2) is 59.5 Å². The van der Waals surface area contributed by atoms with Crippen LogP contribution in [0.5, 0.6) is 0 Å². The molecule has 1 N–H and O–H groups in total. The lowest BCUT2D eigenvalue weighted by molar-refractivity contribution is 0.605. The van der Waals surface area contributed by atoms with E-state index in [0.29, 0.717) is 5.56 Å². The van der Waals surface area contributed by atoms with Gasteiger partial charge < -0.3 is 14.0 Å². The van der Waals surface area contributed by atoms with E-state index in [9.17, 15) is 9.35 Å². The van der Waals surface area contributed by atoms with Crippen molar-refractivity contribution < 1.29 is 4.55 Å². The molecule has 29 heavy (non-hydrogen) atoms. The summed E-state index contributed by atoms with van der Waals surface area (Å²) in [6, 6.07) is 16.6. The van der Waals surface area contributed by atoms with Crippen molar-refractivity contribution in [1.82, 2.24) is 4.57 Å². The average molecular weight is 408 g/mol. The van der Waals surface area contributed by atoms with E-state index in [0.717, 1.165) is 42.0 Å². The van der Waals surface area contributed by atoms with Gasteiger partial charge in [0.2, 0.25) is 0 Å². The summed E-state index contributed by atoms with van der Waals surface area (Å²) < 4.78 is 16.7. The Morgan fingerprint density at radius 3 is 2.59 bits per heavy atom. The van der Waals surface area contributed by atoms with Gasteiger partial charge in [0, 0.05) is 43.1 Å². The van der Waals surface area contributed by atoms with Gasteiger partial charge in [0.1, 0.15) is 6.26 Å². The molecule has 0 bridgehead atoms. The minimum absolute atomic E-state index is 0.00799. The molecule has 2 aromatic carbocycles. The fourth-order valence-corrected chi connectivity index (χ4v) is 4.48. The van der Waals surface area contributed by atoms with Crippen molar-refractivity contribution in [3.63, 3.8) is 0 Å². The zero-order chi connectivity index (χ0) is 20.5. The number of aryl methyl sites for hydroxylation is 2. The molecule has 0 saturated heterocycles. The number of anilines is 2. The largest absolute Gasteiger partial charge is 0.593 e. The summed E-state index contributed by atoms with van der Waals surface area (Å²) in [5.41, 5.74) is 7.22. The number of benzene rings is 2. The van der Waals surface area contributed by atoms with E-state index in [1.165, 1.54) is 11.1 Å². The van der Waals surface area contributed by atoms with Crippen LogP contribution in [0.4, 0.5) is 11.4 Å². The van der Waals surface area contributed by atoms with Gasteiger partial charge in [-0.2, -0.15) is 0 Å². The van der Waals surface area contributed by atoms with Crippen molar-refractivity contribution in [1.29, 1.82) is 0 Å². The molecule has 0 amide bonds. The number of aromatic nitrogens is 1. The maximum absolute atomic E-state index is 12.1. The third-order valence-electron chi connectivity index (χ3n) is 5.36. The van der Waals surface area contributed by atoms with Crippen molar-refractivity contribution in [2.45, 2.75) is 19.9 Å². The number of rotatable bonds is 5. The topological polar surface area (TPSA) is 60.3 Å². The number of nitrogens with zero attached hydrogens (tertiary/aromatic N) is 2. The molecule has 0 saturated carbocycles. The predicted octanol–water partition coefficient (Wildman–Crippen LogP) is 3.63. The third kappa shape index (κ3) is 4.04. The fourth-order valence-electron chi connectivity index (χ4n) is 3.98. The second-order valence-corrected chi connectivity index (χ2v) is 8.68. The minimum atomic E-state index is -1.16. The number of pyridine rings is 1. The molecular weight excluding hydrogens is 382 g/mol. The molecule has 2 heterocycles. The molecule has 1 aliphatic heterocycles. The van der Waals surface area contributed by atoms with Crippen LogP contribution in [0.2, 0.25) is 0 Å². The van der Waals surface area contributed by atoms with Gasteiger partial charge >= 0.3 is 0 Å². The zero-order valence-electron chi connectivity index (χ0n) is 16.9. The lowest BCUT2D eigenvalue weighted by Gasteiger charge is -2.21. The van der Waals surface area contributed by atoms with Crippen molar-refractivity contribution in [3.05, 3.63) is 81.8 Å². The number of hydrogen-bond acceptors (Lipinski definition) is 4.